The molecule has 0 spiro atoms. The van der Waals surface area contributed by atoms with Gasteiger partial charge in [0.15, 0.2) is 0 Å². The fourth-order valence-electron chi connectivity index (χ4n) is 1.80. The van der Waals surface area contributed by atoms with Crippen LogP contribution in [0, 0.1) is 0 Å². The van der Waals surface area contributed by atoms with Gasteiger partial charge in [0, 0.05) is 18.3 Å². The minimum Gasteiger partial charge on any atom is -0.341 e. The molecule has 0 saturated heterocycles. The zero-order chi connectivity index (χ0) is 12.3. The van der Waals surface area contributed by atoms with Crippen molar-refractivity contribution in [2.24, 2.45) is 5.73 Å². The van der Waals surface area contributed by atoms with Gasteiger partial charge in [0.2, 0.25) is 0 Å². The molecule has 17 heavy (non-hydrogen) atoms. The lowest BCUT2D eigenvalue weighted by Crippen LogP contribution is -2.11. The molecule has 0 aliphatic carbocycles. The van der Waals surface area contributed by atoms with Gasteiger partial charge in [-0.3, -0.25) is 4.68 Å². The number of aromatic amines is 1. The third-order valence-corrected chi connectivity index (χ3v) is 2.81. The molecule has 5 nitrogen and oxygen atoms in total. The smallest absolute Gasteiger partial charge is 0.123 e. The van der Waals surface area contributed by atoms with Crippen LogP contribution in [0.1, 0.15) is 38.6 Å². The van der Waals surface area contributed by atoms with Crippen molar-refractivity contribution < 1.29 is 0 Å². The van der Waals surface area contributed by atoms with E-state index in [1.165, 1.54) is 0 Å². The number of nitrogens with two attached hydrogens (primary N) is 1. The molecule has 1 atom stereocenters. The first-order valence-electron chi connectivity index (χ1n) is 6.07. The first kappa shape index (κ1) is 11.9. The number of nitrogens with one attached hydrogen (secondary N) is 1. The topological polar surface area (TPSA) is 72.5 Å². The molecular formula is C12H19N5. The number of hydrogen-bond acceptors (Lipinski definition) is 3. The highest BCUT2D eigenvalue weighted by Crippen LogP contribution is 2.19. The second-order valence-corrected chi connectivity index (χ2v) is 4.16. The summed E-state index contributed by atoms with van der Waals surface area (Å²) < 4.78 is 1.89. The molecule has 2 rings (SSSR count). The molecule has 5 heteroatoms. The zero-order valence-electron chi connectivity index (χ0n) is 10.3. The van der Waals surface area contributed by atoms with E-state index in [0.717, 1.165) is 36.5 Å². The molecule has 2 aromatic rings. The third kappa shape index (κ3) is 2.55. The van der Waals surface area contributed by atoms with E-state index in [-0.39, 0.29) is 6.04 Å². The van der Waals surface area contributed by atoms with Crippen LogP contribution in [0.2, 0.25) is 0 Å². The van der Waals surface area contributed by atoms with Crippen molar-refractivity contribution in [3.05, 3.63) is 24.4 Å². The quantitative estimate of drug-likeness (QED) is 0.830. The van der Waals surface area contributed by atoms with E-state index < -0.39 is 0 Å². The average molecular weight is 233 g/mol. The van der Waals surface area contributed by atoms with Gasteiger partial charge < -0.3 is 10.7 Å². The maximum Gasteiger partial charge on any atom is 0.123 e. The van der Waals surface area contributed by atoms with Crippen LogP contribution in [-0.4, -0.2) is 19.7 Å². The van der Waals surface area contributed by atoms with Crippen LogP contribution in [0.25, 0.3) is 11.3 Å². The number of nitrogens with zero attached hydrogens (tertiary/aromatic N) is 3. The molecule has 0 radical (unpaired) electrons. The van der Waals surface area contributed by atoms with Crippen LogP contribution in [-0.2, 0) is 6.54 Å². The summed E-state index contributed by atoms with van der Waals surface area (Å²) in [6.45, 7) is 5.05. The highest BCUT2D eigenvalue weighted by atomic mass is 15.3. The molecule has 3 N–H and O–H groups in total. The van der Waals surface area contributed by atoms with Gasteiger partial charge in [0.25, 0.3) is 0 Å². The maximum atomic E-state index is 6.01. The van der Waals surface area contributed by atoms with Crippen molar-refractivity contribution in [3.63, 3.8) is 0 Å². The molecule has 0 fully saturated rings. The highest BCUT2D eigenvalue weighted by molar-refractivity contribution is 5.56. The van der Waals surface area contributed by atoms with Crippen molar-refractivity contribution in [1.29, 1.82) is 0 Å². The Labute approximate surface area is 101 Å². The molecule has 0 bridgehead atoms. The molecule has 1 unspecified atom stereocenters. The van der Waals surface area contributed by atoms with Gasteiger partial charge in [-0.25, -0.2) is 4.98 Å². The van der Waals surface area contributed by atoms with Gasteiger partial charge in [-0.1, -0.05) is 13.3 Å². The Bertz CT molecular complexity index is 471. The Morgan fingerprint density at radius 3 is 2.88 bits per heavy atom. The SMILES string of the molecule is CCCC(N)c1ncc(-c2cnn(CC)c2)[nH]1. The molecule has 0 aliphatic rings. The Hall–Kier alpha value is -1.62. The van der Waals surface area contributed by atoms with Crippen LogP contribution in [0.4, 0.5) is 0 Å². The van der Waals surface area contributed by atoms with E-state index in [1.807, 2.05) is 23.3 Å². The Morgan fingerprint density at radius 2 is 2.24 bits per heavy atom. The average Bonchev–Trinajstić information content (AvgIpc) is 2.98. The summed E-state index contributed by atoms with van der Waals surface area (Å²) in [6, 6.07) is -0.00466. The fraction of sp³-hybridized carbons (Fsp3) is 0.500. The summed E-state index contributed by atoms with van der Waals surface area (Å²) >= 11 is 0. The molecule has 0 aromatic carbocycles. The maximum absolute atomic E-state index is 6.01. The van der Waals surface area contributed by atoms with Gasteiger partial charge in [0.05, 0.1) is 24.1 Å². The van der Waals surface area contributed by atoms with E-state index in [0.29, 0.717) is 0 Å². The zero-order valence-corrected chi connectivity index (χ0v) is 10.3. The van der Waals surface area contributed by atoms with Crippen LogP contribution in [0.15, 0.2) is 18.6 Å². The summed E-state index contributed by atoms with van der Waals surface area (Å²) in [5.41, 5.74) is 8.04. The summed E-state index contributed by atoms with van der Waals surface area (Å²) in [4.78, 5) is 7.59. The normalized spacial score (nSPS) is 12.9. The minimum absolute atomic E-state index is 0.00466. The lowest BCUT2D eigenvalue weighted by Gasteiger charge is -2.05. The van der Waals surface area contributed by atoms with Gasteiger partial charge in [0.1, 0.15) is 5.82 Å². The monoisotopic (exact) mass is 233 g/mol. The minimum atomic E-state index is -0.00466. The Kier molecular flexibility index (Phi) is 3.58. The van der Waals surface area contributed by atoms with E-state index in [9.17, 15) is 0 Å². The van der Waals surface area contributed by atoms with Gasteiger partial charge in [-0.2, -0.15) is 5.10 Å². The number of aryl methyl sites for hydroxylation is 1. The third-order valence-electron chi connectivity index (χ3n) is 2.81. The largest absolute Gasteiger partial charge is 0.341 e. The first-order chi connectivity index (χ1) is 8.24. The number of imidazole rings is 1. The number of aromatic nitrogens is 4. The van der Waals surface area contributed by atoms with E-state index >= 15 is 0 Å². The molecule has 0 aliphatic heterocycles. The molecule has 2 heterocycles. The van der Waals surface area contributed by atoms with Crippen LogP contribution in [0.3, 0.4) is 0 Å². The standard InChI is InChI=1S/C12H19N5/c1-3-5-10(13)12-14-7-11(16-12)9-6-15-17(4-2)8-9/h6-8,10H,3-5,13H2,1-2H3,(H,14,16). The van der Waals surface area contributed by atoms with Crippen molar-refractivity contribution in [2.75, 3.05) is 0 Å². The van der Waals surface area contributed by atoms with Gasteiger partial charge >= 0.3 is 0 Å². The molecular weight excluding hydrogens is 214 g/mol. The van der Waals surface area contributed by atoms with Crippen molar-refractivity contribution in [1.82, 2.24) is 19.7 Å². The predicted octanol–water partition coefficient (Wildman–Crippen LogP) is 2.09. The van der Waals surface area contributed by atoms with Crippen molar-refractivity contribution in [3.8, 4) is 11.3 Å². The lowest BCUT2D eigenvalue weighted by molar-refractivity contribution is 0.609. The number of rotatable bonds is 5. The Balaban J connectivity index is 2.17. The summed E-state index contributed by atoms with van der Waals surface area (Å²) in [6.07, 6.45) is 7.67. The van der Waals surface area contributed by atoms with Crippen molar-refractivity contribution in [2.45, 2.75) is 39.3 Å². The first-order valence-corrected chi connectivity index (χ1v) is 6.07. The molecule has 92 valence electrons. The predicted molar refractivity (Wildman–Crippen MR) is 67.3 cm³/mol. The summed E-state index contributed by atoms with van der Waals surface area (Å²) in [5, 5.41) is 4.24. The molecule has 0 saturated carbocycles. The second-order valence-electron chi connectivity index (χ2n) is 4.16. The molecule has 2 aromatic heterocycles. The van der Waals surface area contributed by atoms with E-state index in [4.69, 9.17) is 5.73 Å². The second kappa shape index (κ2) is 5.14. The fourth-order valence-corrected chi connectivity index (χ4v) is 1.80. The summed E-state index contributed by atoms with van der Waals surface area (Å²) in [5.74, 6) is 0.853. The van der Waals surface area contributed by atoms with Crippen LogP contribution in [0.5, 0.6) is 0 Å². The van der Waals surface area contributed by atoms with E-state index in [2.05, 4.69) is 28.9 Å². The number of hydrogen-bond donors (Lipinski definition) is 2. The summed E-state index contributed by atoms with van der Waals surface area (Å²) in [7, 11) is 0. The molecule has 0 amide bonds. The highest BCUT2D eigenvalue weighted by Gasteiger charge is 2.10. The van der Waals surface area contributed by atoms with Gasteiger partial charge in [-0.15, -0.1) is 0 Å². The van der Waals surface area contributed by atoms with Crippen LogP contribution >= 0.6 is 0 Å². The Morgan fingerprint density at radius 1 is 1.41 bits per heavy atom. The van der Waals surface area contributed by atoms with Crippen molar-refractivity contribution >= 4 is 0 Å². The van der Waals surface area contributed by atoms with Gasteiger partial charge in [-0.05, 0) is 13.3 Å². The van der Waals surface area contributed by atoms with Crippen LogP contribution < -0.4 is 5.73 Å². The lowest BCUT2D eigenvalue weighted by atomic mass is 10.2. The number of H-pyrrole nitrogens is 1. The van der Waals surface area contributed by atoms with E-state index in [1.54, 1.807) is 0 Å².